The van der Waals surface area contributed by atoms with E-state index >= 15 is 0 Å². The summed E-state index contributed by atoms with van der Waals surface area (Å²) in [6.45, 7) is 7.34. The molecule has 10 heteroatoms. The first-order valence-corrected chi connectivity index (χ1v) is 11.8. The van der Waals surface area contributed by atoms with Crippen molar-refractivity contribution in [1.29, 1.82) is 0 Å². The van der Waals surface area contributed by atoms with Gasteiger partial charge in [-0.05, 0) is 37.5 Å². The van der Waals surface area contributed by atoms with Gasteiger partial charge in [-0.2, -0.15) is 0 Å². The molecule has 4 amide bonds. The third-order valence-electron chi connectivity index (χ3n) is 6.03. The van der Waals surface area contributed by atoms with Crippen LogP contribution in [0.25, 0.3) is 0 Å². The van der Waals surface area contributed by atoms with E-state index in [2.05, 4.69) is 15.5 Å². The highest BCUT2D eigenvalue weighted by molar-refractivity contribution is 5.95. The summed E-state index contributed by atoms with van der Waals surface area (Å²) in [5.41, 5.74) is 1.27. The Hall–Kier alpha value is -3.14. The van der Waals surface area contributed by atoms with Gasteiger partial charge in [0.25, 0.3) is 0 Å². The van der Waals surface area contributed by atoms with Gasteiger partial charge in [0.1, 0.15) is 5.82 Å². The van der Waals surface area contributed by atoms with E-state index < -0.39 is 17.8 Å². The highest BCUT2D eigenvalue weighted by Gasteiger charge is 2.37. The summed E-state index contributed by atoms with van der Waals surface area (Å²) < 4.78 is 19.3. The minimum atomic E-state index is -0.822. The number of urea groups is 2. The van der Waals surface area contributed by atoms with Crippen LogP contribution >= 0.6 is 0 Å². The molecular weight excluding hydrogens is 441 g/mol. The van der Waals surface area contributed by atoms with Gasteiger partial charge in [-0.1, -0.05) is 19.1 Å². The van der Waals surface area contributed by atoms with Gasteiger partial charge < -0.3 is 20.3 Å². The van der Waals surface area contributed by atoms with Gasteiger partial charge >= 0.3 is 18.0 Å². The number of amides is 4. The first kappa shape index (κ1) is 25.5. The number of likely N-dealkylation sites (N-methyl/N-ethyl adjacent to an activating group) is 1. The predicted octanol–water partition coefficient (Wildman–Crippen LogP) is 2.47. The van der Waals surface area contributed by atoms with Crippen molar-refractivity contribution in [2.75, 3.05) is 52.9 Å². The van der Waals surface area contributed by atoms with Gasteiger partial charge in [0, 0.05) is 52.0 Å². The lowest BCUT2D eigenvalue weighted by Crippen LogP contribution is -2.49. The zero-order valence-electron chi connectivity index (χ0n) is 20.1. The van der Waals surface area contributed by atoms with Crippen LogP contribution in [0.4, 0.5) is 14.0 Å². The maximum atomic E-state index is 14.0. The summed E-state index contributed by atoms with van der Waals surface area (Å²) in [6, 6.07) is 4.57. The van der Waals surface area contributed by atoms with Crippen LogP contribution in [0.3, 0.4) is 0 Å². The Bertz CT molecular complexity index is 938. The van der Waals surface area contributed by atoms with E-state index in [0.717, 1.165) is 12.8 Å². The molecule has 186 valence electrons. The molecule has 0 bridgehead atoms. The van der Waals surface area contributed by atoms with Crippen molar-refractivity contribution in [3.05, 3.63) is 46.9 Å². The predicted molar refractivity (Wildman–Crippen MR) is 125 cm³/mol. The molecule has 2 heterocycles. The van der Waals surface area contributed by atoms with Gasteiger partial charge in [0.05, 0.1) is 18.2 Å². The number of hydrogen-bond donors (Lipinski definition) is 2. The van der Waals surface area contributed by atoms with E-state index in [4.69, 9.17) is 4.74 Å². The van der Waals surface area contributed by atoms with Crippen molar-refractivity contribution in [3.8, 4) is 0 Å². The number of esters is 1. The van der Waals surface area contributed by atoms with Crippen LogP contribution in [0.15, 0.2) is 35.5 Å². The third kappa shape index (κ3) is 6.05. The Kier molecular flexibility index (Phi) is 8.86. The quantitative estimate of drug-likeness (QED) is 0.591. The van der Waals surface area contributed by atoms with Crippen molar-refractivity contribution in [1.82, 2.24) is 25.3 Å². The molecule has 2 N–H and O–H groups in total. The number of rotatable bonds is 7. The van der Waals surface area contributed by atoms with E-state index in [0.29, 0.717) is 50.5 Å². The molecule has 0 aliphatic carbocycles. The molecular formula is C24H34FN5O4. The Labute approximate surface area is 199 Å². The standard InChI is InChI=1S/C24H34FN5O4/c1-4-10-26-23(32)30-12-7-11-29(13-14-30)16-19-20(22(31)34-5-2)21(27-24(33)28(19)3)17-8-6-9-18(25)15-17/h6,8-9,15,21H,4-5,7,10-14,16H2,1-3H3,(H,26,32)(H,27,33). The van der Waals surface area contributed by atoms with Crippen LogP contribution in [0.1, 0.15) is 38.3 Å². The van der Waals surface area contributed by atoms with Crippen molar-refractivity contribution < 1.29 is 23.5 Å². The van der Waals surface area contributed by atoms with Gasteiger partial charge in [0.15, 0.2) is 0 Å². The van der Waals surface area contributed by atoms with Crippen LogP contribution in [0.5, 0.6) is 0 Å². The van der Waals surface area contributed by atoms with Gasteiger partial charge in [-0.25, -0.2) is 18.8 Å². The highest BCUT2D eigenvalue weighted by atomic mass is 19.1. The summed E-state index contributed by atoms with van der Waals surface area (Å²) in [4.78, 5) is 43.6. The van der Waals surface area contributed by atoms with Crippen molar-refractivity contribution in [2.24, 2.45) is 0 Å². The second-order valence-electron chi connectivity index (χ2n) is 8.43. The molecule has 2 aliphatic heterocycles. The number of hydrogen-bond acceptors (Lipinski definition) is 5. The van der Waals surface area contributed by atoms with Crippen LogP contribution in [0.2, 0.25) is 0 Å². The Morgan fingerprint density at radius 1 is 1.21 bits per heavy atom. The average molecular weight is 476 g/mol. The Balaban J connectivity index is 1.88. The van der Waals surface area contributed by atoms with E-state index in [1.807, 2.05) is 6.92 Å². The summed E-state index contributed by atoms with van der Waals surface area (Å²) in [6.07, 6.45) is 1.64. The van der Waals surface area contributed by atoms with Crippen molar-refractivity contribution >= 4 is 18.0 Å². The van der Waals surface area contributed by atoms with Crippen LogP contribution < -0.4 is 10.6 Å². The lowest BCUT2D eigenvalue weighted by atomic mass is 9.94. The average Bonchev–Trinajstić information content (AvgIpc) is 3.06. The molecule has 0 spiro atoms. The normalized spacial score (nSPS) is 19.5. The molecule has 2 aliphatic rings. The largest absolute Gasteiger partial charge is 0.463 e. The second-order valence-corrected chi connectivity index (χ2v) is 8.43. The molecule has 0 radical (unpaired) electrons. The van der Waals surface area contributed by atoms with E-state index in [1.165, 1.54) is 17.0 Å². The summed E-state index contributed by atoms with van der Waals surface area (Å²) in [7, 11) is 1.61. The van der Waals surface area contributed by atoms with Crippen LogP contribution in [0, 0.1) is 5.82 Å². The topological polar surface area (TPSA) is 94.2 Å². The fraction of sp³-hybridized carbons (Fsp3) is 0.542. The SMILES string of the molecule is CCCNC(=O)N1CCCN(CC2=C(C(=O)OCC)C(c3cccc(F)c3)NC(=O)N2C)CC1. The molecule has 34 heavy (non-hydrogen) atoms. The minimum Gasteiger partial charge on any atom is -0.463 e. The molecule has 0 aromatic heterocycles. The number of halogens is 1. The van der Waals surface area contributed by atoms with Crippen molar-refractivity contribution in [3.63, 3.8) is 0 Å². The fourth-order valence-electron chi connectivity index (χ4n) is 4.22. The fourth-order valence-corrected chi connectivity index (χ4v) is 4.22. The Morgan fingerprint density at radius 3 is 2.71 bits per heavy atom. The smallest absolute Gasteiger partial charge is 0.338 e. The van der Waals surface area contributed by atoms with Crippen molar-refractivity contribution in [2.45, 2.75) is 32.7 Å². The second kappa shape index (κ2) is 11.8. The van der Waals surface area contributed by atoms with Crippen LogP contribution in [-0.4, -0.2) is 85.7 Å². The number of nitrogens with one attached hydrogen (secondary N) is 2. The van der Waals surface area contributed by atoms with E-state index in [1.54, 1.807) is 31.0 Å². The molecule has 1 fully saturated rings. The van der Waals surface area contributed by atoms with Crippen LogP contribution in [-0.2, 0) is 9.53 Å². The number of nitrogens with zero attached hydrogens (tertiary/aromatic N) is 3. The molecule has 9 nitrogen and oxygen atoms in total. The summed E-state index contributed by atoms with van der Waals surface area (Å²) in [5, 5.41) is 5.71. The summed E-state index contributed by atoms with van der Waals surface area (Å²) in [5.74, 6) is -1.00. The highest BCUT2D eigenvalue weighted by Crippen LogP contribution is 2.31. The maximum Gasteiger partial charge on any atom is 0.338 e. The minimum absolute atomic E-state index is 0.0736. The number of benzene rings is 1. The first-order chi connectivity index (χ1) is 16.3. The molecule has 1 aromatic rings. The third-order valence-corrected chi connectivity index (χ3v) is 6.03. The zero-order chi connectivity index (χ0) is 24.7. The molecule has 3 rings (SSSR count). The molecule has 1 aromatic carbocycles. The number of carbonyl (C=O) groups is 3. The lowest BCUT2D eigenvalue weighted by Gasteiger charge is -2.36. The number of ether oxygens (including phenoxy) is 1. The molecule has 1 saturated heterocycles. The number of carbonyl (C=O) groups excluding carboxylic acids is 3. The lowest BCUT2D eigenvalue weighted by molar-refractivity contribution is -0.139. The Morgan fingerprint density at radius 2 is 2.00 bits per heavy atom. The van der Waals surface area contributed by atoms with E-state index in [9.17, 15) is 18.8 Å². The molecule has 1 atom stereocenters. The van der Waals surface area contributed by atoms with Gasteiger partial charge in [-0.15, -0.1) is 0 Å². The summed E-state index contributed by atoms with van der Waals surface area (Å²) >= 11 is 0. The zero-order valence-corrected chi connectivity index (χ0v) is 20.1. The first-order valence-electron chi connectivity index (χ1n) is 11.8. The monoisotopic (exact) mass is 475 g/mol. The molecule has 0 saturated carbocycles. The maximum absolute atomic E-state index is 14.0. The molecule has 1 unspecified atom stereocenters. The van der Waals surface area contributed by atoms with Gasteiger partial charge in [0.2, 0.25) is 0 Å². The van der Waals surface area contributed by atoms with E-state index in [-0.39, 0.29) is 24.2 Å². The van der Waals surface area contributed by atoms with Gasteiger partial charge in [-0.3, -0.25) is 9.80 Å².